The van der Waals surface area contributed by atoms with Gasteiger partial charge < -0.3 is 16.0 Å². The maximum Gasteiger partial charge on any atom is 0.136 e. The van der Waals surface area contributed by atoms with E-state index in [1.165, 1.54) is 6.42 Å². The molecule has 0 heterocycles. The molecule has 23 heavy (non-hydrogen) atoms. The largest absolute Gasteiger partial charge is 0.334 e. The summed E-state index contributed by atoms with van der Waals surface area (Å²) in [6.07, 6.45) is 3.88. The second-order valence-corrected chi connectivity index (χ2v) is 5.27. The van der Waals surface area contributed by atoms with Crippen molar-refractivity contribution in [3.05, 3.63) is 6.42 Å². The van der Waals surface area contributed by atoms with Gasteiger partial charge in [0.25, 0.3) is 0 Å². The summed E-state index contributed by atoms with van der Waals surface area (Å²) < 4.78 is 0. The molecule has 3 unspecified atom stereocenters. The second kappa shape index (κ2) is 22.4. The Morgan fingerprint density at radius 3 is 1.83 bits per heavy atom. The van der Waals surface area contributed by atoms with Crippen molar-refractivity contribution >= 4 is 26.6 Å². The minimum absolute atomic E-state index is 0. The Hall–Kier alpha value is 0.414. The molecule has 139 valence electrons. The third-order valence-electron chi connectivity index (χ3n) is 2.99. The second-order valence-electron chi connectivity index (χ2n) is 4.80. The first-order valence-corrected chi connectivity index (χ1v) is 7.35. The van der Waals surface area contributed by atoms with E-state index in [1.54, 1.807) is 6.92 Å². The fourth-order valence-electron chi connectivity index (χ4n) is 1.54. The number of hydrogen-bond acceptors (Lipinski definition) is 3. The van der Waals surface area contributed by atoms with Crippen LogP contribution in [0.1, 0.15) is 76.2 Å². The summed E-state index contributed by atoms with van der Waals surface area (Å²) >= 11 is 0. The molecule has 0 aromatic heterocycles. The fourth-order valence-corrected chi connectivity index (χ4v) is 1.80. The first kappa shape index (κ1) is 38.8. The third-order valence-corrected chi connectivity index (χ3v) is 3.69. The fraction of sp³-hybridized carbons (Fsp3) is 0.778. The summed E-state index contributed by atoms with van der Waals surface area (Å²) in [6.45, 7) is 5.57. The van der Waals surface area contributed by atoms with Gasteiger partial charge in [-0.05, 0) is 24.8 Å². The third kappa shape index (κ3) is 18.6. The Bertz CT molecular complexity index is 307. The van der Waals surface area contributed by atoms with Gasteiger partial charge in [0, 0.05) is 51.0 Å². The average Bonchev–Trinajstić information content (AvgIpc) is 2.35. The van der Waals surface area contributed by atoms with Crippen LogP contribution >= 0.6 is 9.24 Å². The normalized spacial score (nSPS) is 10.8. The van der Waals surface area contributed by atoms with E-state index in [4.69, 9.17) is 0 Å². The van der Waals surface area contributed by atoms with Crippen molar-refractivity contribution in [3.63, 3.8) is 0 Å². The molecule has 0 saturated heterocycles. The Morgan fingerprint density at radius 2 is 1.43 bits per heavy atom. The summed E-state index contributed by atoms with van der Waals surface area (Å²) in [5.74, 6) is -0.160. The minimum Gasteiger partial charge on any atom is -0.334 e. The van der Waals surface area contributed by atoms with Gasteiger partial charge >= 0.3 is 0 Å². The van der Waals surface area contributed by atoms with Crippen LogP contribution in [0.25, 0.3) is 0 Å². The molecule has 0 spiro atoms. The monoisotopic (exact) mass is 424 g/mol. The van der Waals surface area contributed by atoms with Gasteiger partial charge in [-0.25, -0.2) is 0 Å². The van der Waals surface area contributed by atoms with Crippen LogP contribution in [0.3, 0.4) is 0 Å². The van der Waals surface area contributed by atoms with Crippen molar-refractivity contribution in [2.24, 2.45) is 11.8 Å². The van der Waals surface area contributed by atoms with Crippen LogP contribution in [-0.2, 0) is 47.1 Å². The number of carbonyl (C=O) groups excluding carboxylic acids is 3. The van der Waals surface area contributed by atoms with Gasteiger partial charge in [0.15, 0.2) is 0 Å². The van der Waals surface area contributed by atoms with Crippen molar-refractivity contribution < 1.29 is 47.1 Å². The number of carbonyl (C=O) groups is 3. The molecule has 0 aliphatic rings. The number of ketones is 3. The van der Waals surface area contributed by atoms with Crippen molar-refractivity contribution in [1.29, 1.82) is 0 Å². The summed E-state index contributed by atoms with van der Waals surface area (Å²) in [6, 6.07) is 0. The van der Waals surface area contributed by atoms with E-state index < -0.39 is 0 Å². The molecule has 0 bridgehead atoms. The Labute approximate surface area is 173 Å². The van der Waals surface area contributed by atoms with Gasteiger partial charge in [0.2, 0.25) is 0 Å². The summed E-state index contributed by atoms with van der Waals surface area (Å²) in [4.78, 5) is 34.7. The predicted octanol–water partition coefficient (Wildman–Crippen LogP) is 5.17. The summed E-state index contributed by atoms with van der Waals surface area (Å²) in [5.41, 5.74) is 0. The van der Waals surface area contributed by atoms with Gasteiger partial charge in [-0.2, -0.15) is 0 Å². The molecule has 0 saturated carbocycles. The molecule has 0 rings (SSSR count). The van der Waals surface area contributed by atoms with E-state index in [-0.39, 0.29) is 104 Å². The van der Waals surface area contributed by atoms with Gasteiger partial charge in [0.05, 0.1) is 0 Å². The molecule has 0 amide bonds. The zero-order valence-corrected chi connectivity index (χ0v) is 16.1. The molecule has 0 fully saturated rings. The van der Waals surface area contributed by atoms with Crippen LogP contribution in [0.2, 0.25) is 0 Å². The van der Waals surface area contributed by atoms with Gasteiger partial charge in [0.1, 0.15) is 11.6 Å². The molecular weight excluding hydrogens is 384 g/mol. The Balaban J connectivity index is -0.000000144. The van der Waals surface area contributed by atoms with Crippen LogP contribution in [0, 0.1) is 18.3 Å². The SMILES string of the molecule is C.C.C.C.CCCC(=O)C(C)CC(=O)[CH-]CC(=O)C(C)CP.[Y]. The topological polar surface area (TPSA) is 51.2 Å². The van der Waals surface area contributed by atoms with E-state index in [0.717, 1.165) is 6.42 Å². The van der Waals surface area contributed by atoms with Crippen molar-refractivity contribution in [3.8, 4) is 0 Å². The summed E-state index contributed by atoms with van der Waals surface area (Å²) in [5, 5.41) is 0. The first-order chi connectivity index (χ1) is 8.42. The molecule has 0 aliphatic carbocycles. The van der Waals surface area contributed by atoms with Gasteiger partial charge in [-0.15, -0.1) is 15.7 Å². The molecule has 0 aromatic carbocycles. The first-order valence-electron chi connectivity index (χ1n) is 6.53. The van der Waals surface area contributed by atoms with E-state index >= 15 is 0 Å². The van der Waals surface area contributed by atoms with Gasteiger partial charge in [-0.3, -0.25) is 4.79 Å². The zero-order chi connectivity index (χ0) is 14.1. The van der Waals surface area contributed by atoms with Crippen molar-refractivity contribution in [1.82, 2.24) is 0 Å². The number of Topliss-reactive ketones (excluding diaryl/α,β-unsaturated/α-hetero) is 3. The standard InChI is InChI=1S/C14H24O3P.4CH4.Y/c1-4-5-13(16)10(2)8-12(15)6-7-14(17)11(3)9-18;;;;;/h6,10-11H,4-5,7-9,18H2,1-3H3;4*1H4;/q-1;;;;;. The van der Waals surface area contributed by atoms with E-state index in [0.29, 0.717) is 12.6 Å². The molecule has 0 aliphatic heterocycles. The van der Waals surface area contributed by atoms with Gasteiger partial charge in [-0.1, -0.05) is 50.5 Å². The average molecular weight is 424 g/mol. The molecule has 3 atom stereocenters. The Kier molecular flexibility index (Phi) is 37.8. The van der Waals surface area contributed by atoms with E-state index in [2.05, 4.69) is 9.24 Å². The molecular formula is C18H40O3PY-. The number of hydrogen-bond donors (Lipinski definition) is 0. The molecule has 3 nitrogen and oxygen atoms in total. The van der Waals surface area contributed by atoms with Crippen LogP contribution in [0.15, 0.2) is 0 Å². The van der Waals surface area contributed by atoms with Crippen molar-refractivity contribution in [2.45, 2.75) is 76.2 Å². The molecule has 5 heteroatoms. The smallest absolute Gasteiger partial charge is 0.136 e. The molecule has 1 radical (unpaired) electrons. The number of rotatable bonds is 10. The zero-order valence-electron chi connectivity index (χ0n) is 12.1. The van der Waals surface area contributed by atoms with Crippen LogP contribution in [-0.4, -0.2) is 23.5 Å². The van der Waals surface area contributed by atoms with Crippen LogP contribution in [0.5, 0.6) is 0 Å². The van der Waals surface area contributed by atoms with Crippen LogP contribution < -0.4 is 0 Å². The van der Waals surface area contributed by atoms with E-state index in [1.807, 2.05) is 13.8 Å². The molecule has 0 aromatic rings. The summed E-state index contributed by atoms with van der Waals surface area (Å²) in [7, 11) is 2.52. The maximum atomic E-state index is 11.6. The molecule has 0 N–H and O–H groups in total. The predicted molar refractivity (Wildman–Crippen MR) is 103 cm³/mol. The van der Waals surface area contributed by atoms with Crippen LogP contribution in [0.4, 0.5) is 0 Å². The minimum atomic E-state index is -0.233. The van der Waals surface area contributed by atoms with Crippen molar-refractivity contribution in [2.75, 3.05) is 6.16 Å². The van der Waals surface area contributed by atoms with E-state index in [9.17, 15) is 14.4 Å². The Morgan fingerprint density at radius 1 is 0.957 bits per heavy atom. The quantitative estimate of drug-likeness (QED) is 0.359. The maximum absolute atomic E-state index is 11.6.